The van der Waals surface area contributed by atoms with Crippen molar-refractivity contribution in [3.05, 3.63) is 65.6 Å². The van der Waals surface area contributed by atoms with Crippen LogP contribution in [0.15, 0.2) is 48.7 Å². The molecule has 1 amide bonds. The molecule has 3 aromatic rings. The van der Waals surface area contributed by atoms with Gasteiger partial charge in [0.15, 0.2) is 0 Å². The van der Waals surface area contributed by atoms with Crippen molar-refractivity contribution in [3.8, 4) is 0 Å². The van der Waals surface area contributed by atoms with Gasteiger partial charge >= 0.3 is 0 Å². The molecule has 152 valence electrons. The molecule has 30 heavy (non-hydrogen) atoms. The van der Waals surface area contributed by atoms with Gasteiger partial charge in [-0.1, -0.05) is 24.3 Å². The number of hydrogen-bond donors (Lipinski definition) is 0. The molecule has 6 nitrogen and oxygen atoms in total. The average molecular weight is 400 g/mol. The number of hydrogen-bond acceptors (Lipinski definition) is 5. The fourth-order valence-electron chi connectivity index (χ4n) is 5.08. The van der Waals surface area contributed by atoms with Crippen LogP contribution in [-0.2, 0) is 17.7 Å². The lowest BCUT2D eigenvalue weighted by Crippen LogP contribution is -2.28. The van der Waals surface area contributed by atoms with Gasteiger partial charge in [-0.3, -0.25) is 14.8 Å². The van der Waals surface area contributed by atoms with Crippen molar-refractivity contribution < 1.29 is 9.53 Å². The van der Waals surface area contributed by atoms with Crippen LogP contribution in [0, 0.1) is 11.8 Å². The lowest BCUT2D eigenvalue weighted by molar-refractivity contribution is 0.0780. The molecule has 1 aromatic carbocycles. The Labute approximate surface area is 175 Å². The number of amides is 1. The van der Waals surface area contributed by atoms with Crippen LogP contribution in [-0.4, -0.2) is 53.6 Å². The van der Waals surface area contributed by atoms with Gasteiger partial charge in [-0.15, -0.1) is 0 Å². The summed E-state index contributed by atoms with van der Waals surface area (Å²) in [5, 5.41) is 1.14. The van der Waals surface area contributed by atoms with Crippen molar-refractivity contribution in [2.75, 3.05) is 37.7 Å². The van der Waals surface area contributed by atoms with Gasteiger partial charge in [0, 0.05) is 55.2 Å². The van der Waals surface area contributed by atoms with E-state index in [1.807, 2.05) is 35.4 Å². The number of rotatable bonds is 4. The predicted molar refractivity (Wildman–Crippen MR) is 114 cm³/mol. The number of ether oxygens (including phenoxy) is 1. The van der Waals surface area contributed by atoms with E-state index < -0.39 is 0 Å². The largest absolute Gasteiger partial charge is 0.381 e. The molecule has 2 saturated heterocycles. The molecule has 2 aromatic heterocycles. The van der Waals surface area contributed by atoms with Crippen molar-refractivity contribution in [3.63, 3.8) is 0 Å². The number of para-hydroxylation sites is 1. The Bertz CT molecular complexity index is 1120. The SMILES string of the molecule is O=C1c2c(N3CC4COCC4C3)ccnc2CN1CCc1ccc2ccccc2n1. The van der Waals surface area contributed by atoms with Crippen LogP contribution in [0.3, 0.4) is 0 Å². The number of anilines is 1. The smallest absolute Gasteiger partial charge is 0.258 e. The third-order valence-corrected chi connectivity index (χ3v) is 6.72. The zero-order valence-electron chi connectivity index (χ0n) is 16.8. The fraction of sp³-hybridized carbons (Fsp3) is 0.375. The lowest BCUT2D eigenvalue weighted by Gasteiger charge is -2.22. The summed E-state index contributed by atoms with van der Waals surface area (Å²) in [4.78, 5) is 26.8. The van der Waals surface area contributed by atoms with E-state index in [4.69, 9.17) is 9.72 Å². The number of aromatic nitrogens is 2. The summed E-state index contributed by atoms with van der Waals surface area (Å²) in [7, 11) is 0. The monoisotopic (exact) mass is 400 g/mol. The Morgan fingerprint density at radius 3 is 2.73 bits per heavy atom. The van der Waals surface area contributed by atoms with Crippen molar-refractivity contribution in [1.29, 1.82) is 0 Å². The number of carbonyl (C=O) groups is 1. The molecule has 0 spiro atoms. The maximum absolute atomic E-state index is 13.3. The van der Waals surface area contributed by atoms with Gasteiger partial charge in [-0.05, 0) is 18.2 Å². The molecule has 6 heteroatoms. The molecule has 0 bridgehead atoms. The molecule has 2 atom stereocenters. The van der Waals surface area contributed by atoms with Gasteiger partial charge in [-0.2, -0.15) is 0 Å². The highest BCUT2D eigenvalue weighted by Gasteiger charge is 2.40. The minimum absolute atomic E-state index is 0.0993. The Hall–Kier alpha value is -2.99. The van der Waals surface area contributed by atoms with Crippen LogP contribution in [0.2, 0.25) is 0 Å². The minimum atomic E-state index is 0.0993. The topological polar surface area (TPSA) is 58.6 Å². The van der Waals surface area contributed by atoms with Crippen LogP contribution >= 0.6 is 0 Å². The van der Waals surface area contributed by atoms with E-state index in [1.165, 1.54) is 0 Å². The molecule has 6 rings (SSSR count). The summed E-state index contributed by atoms with van der Waals surface area (Å²) in [6, 6.07) is 14.3. The maximum Gasteiger partial charge on any atom is 0.258 e. The second-order valence-electron chi connectivity index (χ2n) is 8.59. The van der Waals surface area contributed by atoms with Gasteiger partial charge < -0.3 is 14.5 Å². The Morgan fingerprint density at radius 1 is 1.03 bits per heavy atom. The van der Waals surface area contributed by atoms with Crippen LogP contribution < -0.4 is 4.90 Å². The summed E-state index contributed by atoms with van der Waals surface area (Å²) in [6.45, 7) is 4.85. The molecular weight excluding hydrogens is 376 g/mol. The quantitative estimate of drug-likeness (QED) is 0.674. The maximum atomic E-state index is 13.3. The average Bonchev–Trinajstić information content (AvgIpc) is 3.46. The van der Waals surface area contributed by atoms with Crippen molar-refractivity contribution in [2.45, 2.75) is 13.0 Å². The summed E-state index contributed by atoms with van der Waals surface area (Å²) in [5.74, 6) is 1.27. The molecule has 0 saturated carbocycles. The van der Waals surface area contributed by atoms with Gasteiger partial charge in [0.25, 0.3) is 5.91 Å². The number of nitrogens with zero attached hydrogens (tertiary/aromatic N) is 4. The molecule has 3 aliphatic heterocycles. The molecule has 0 N–H and O–H groups in total. The second kappa shape index (κ2) is 7.06. The van der Waals surface area contributed by atoms with Crippen molar-refractivity contribution >= 4 is 22.5 Å². The summed E-state index contributed by atoms with van der Waals surface area (Å²) in [6.07, 6.45) is 2.59. The number of benzene rings is 1. The van der Waals surface area contributed by atoms with E-state index in [1.54, 1.807) is 0 Å². The van der Waals surface area contributed by atoms with E-state index in [-0.39, 0.29) is 5.91 Å². The summed E-state index contributed by atoms with van der Waals surface area (Å²) >= 11 is 0. The number of pyridine rings is 2. The number of carbonyl (C=O) groups excluding carboxylic acids is 1. The highest BCUT2D eigenvalue weighted by Crippen LogP contribution is 2.37. The van der Waals surface area contributed by atoms with E-state index in [0.29, 0.717) is 24.9 Å². The Kier molecular flexibility index (Phi) is 4.20. The van der Waals surface area contributed by atoms with Crippen LogP contribution in [0.1, 0.15) is 21.7 Å². The lowest BCUT2D eigenvalue weighted by atomic mass is 10.0. The van der Waals surface area contributed by atoms with E-state index in [0.717, 1.165) is 66.3 Å². The zero-order chi connectivity index (χ0) is 20.1. The third-order valence-electron chi connectivity index (χ3n) is 6.72. The van der Waals surface area contributed by atoms with Gasteiger partial charge in [-0.25, -0.2) is 0 Å². The third kappa shape index (κ3) is 2.94. The first-order chi connectivity index (χ1) is 14.8. The molecule has 0 radical (unpaired) electrons. The van der Waals surface area contributed by atoms with E-state index in [9.17, 15) is 4.79 Å². The van der Waals surface area contributed by atoms with Gasteiger partial charge in [0.2, 0.25) is 0 Å². The molecular formula is C24H24N4O2. The minimum Gasteiger partial charge on any atom is -0.381 e. The molecule has 2 unspecified atom stereocenters. The van der Waals surface area contributed by atoms with Crippen LogP contribution in [0.25, 0.3) is 10.9 Å². The normalized spacial score (nSPS) is 22.7. The first-order valence-electron chi connectivity index (χ1n) is 10.7. The molecule has 3 aliphatic rings. The van der Waals surface area contributed by atoms with Crippen molar-refractivity contribution in [2.24, 2.45) is 11.8 Å². The summed E-state index contributed by atoms with van der Waals surface area (Å²) < 4.78 is 5.61. The Morgan fingerprint density at radius 2 is 1.87 bits per heavy atom. The van der Waals surface area contributed by atoms with E-state index >= 15 is 0 Å². The first kappa shape index (κ1) is 17.8. The molecule has 5 heterocycles. The predicted octanol–water partition coefficient (Wildman–Crippen LogP) is 2.91. The first-order valence-corrected chi connectivity index (χ1v) is 10.7. The highest BCUT2D eigenvalue weighted by molar-refractivity contribution is 6.03. The van der Waals surface area contributed by atoms with E-state index in [2.05, 4.69) is 28.1 Å². The fourth-order valence-corrected chi connectivity index (χ4v) is 5.08. The Balaban J connectivity index is 1.19. The highest BCUT2D eigenvalue weighted by atomic mass is 16.5. The van der Waals surface area contributed by atoms with Crippen LogP contribution in [0.4, 0.5) is 5.69 Å². The molecule has 0 aliphatic carbocycles. The van der Waals surface area contributed by atoms with Gasteiger partial charge in [0.05, 0.1) is 42.2 Å². The van der Waals surface area contributed by atoms with Gasteiger partial charge in [0.1, 0.15) is 0 Å². The molecule has 2 fully saturated rings. The zero-order valence-corrected chi connectivity index (χ0v) is 16.8. The number of fused-ring (bicyclic) bond motifs is 3. The summed E-state index contributed by atoms with van der Waals surface area (Å²) in [5.41, 5.74) is 4.75. The second-order valence-corrected chi connectivity index (χ2v) is 8.59. The van der Waals surface area contributed by atoms with Crippen LogP contribution in [0.5, 0.6) is 0 Å². The van der Waals surface area contributed by atoms with Crippen molar-refractivity contribution in [1.82, 2.24) is 14.9 Å². The standard InChI is InChI=1S/C24H24N4O2/c29-24-23-21(25-9-7-22(23)28-11-17-14-30-15-18(17)12-28)13-27(24)10-8-19-6-5-16-3-1-2-4-20(16)26-19/h1-7,9,17-18H,8,10-15H2.